The monoisotopic (exact) mass is 300 g/mol. The summed E-state index contributed by atoms with van der Waals surface area (Å²) in [4.78, 5) is 12.0. The molecule has 1 saturated heterocycles. The number of anilines is 1. The van der Waals surface area contributed by atoms with Crippen LogP contribution in [0.3, 0.4) is 0 Å². The number of rotatable bonds is 3. The van der Waals surface area contributed by atoms with Gasteiger partial charge in [0.15, 0.2) is 0 Å². The van der Waals surface area contributed by atoms with Gasteiger partial charge in [0.05, 0.1) is 0 Å². The van der Waals surface area contributed by atoms with Crippen molar-refractivity contribution in [1.29, 1.82) is 0 Å². The summed E-state index contributed by atoms with van der Waals surface area (Å²) in [6.45, 7) is 5.11. The molecule has 5 heteroatoms. The molecule has 2 N–H and O–H groups in total. The van der Waals surface area contributed by atoms with Crippen LogP contribution in [-0.2, 0) is 4.79 Å². The summed E-state index contributed by atoms with van der Waals surface area (Å²) in [7, 11) is 0. The summed E-state index contributed by atoms with van der Waals surface area (Å²) in [5.74, 6) is 2.28. The van der Waals surface area contributed by atoms with Crippen molar-refractivity contribution in [2.45, 2.75) is 26.3 Å². The second kappa shape index (κ2) is 7.78. The number of nitrogens with one attached hydrogen (secondary N) is 2. The summed E-state index contributed by atoms with van der Waals surface area (Å²) < 4.78 is 0. The number of amides is 1. The number of thioether (sulfide) groups is 1. The van der Waals surface area contributed by atoms with Crippen LogP contribution in [0.4, 0.5) is 5.69 Å². The van der Waals surface area contributed by atoms with E-state index in [1.54, 1.807) is 0 Å². The number of hydrogen-bond donors (Lipinski definition) is 2. The zero-order valence-electron chi connectivity index (χ0n) is 11.4. The predicted octanol–water partition coefficient (Wildman–Crippen LogP) is 2.76. The Balaban J connectivity index is 0.00000180. The summed E-state index contributed by atoms with van der Waals surface area (Å²) in [5.41, 5.74) is 3.29. The van der Waals surface area contributed by atoms with Gasteiger partial charge < -0.3 is 10.6 Å². The van der Waals surface area contributed by atoms with Crippen LogP contribution in [0.1, 0.15) is 17.5 Å². The molecule has 19 heavy (non-hydrogen) atoms. The Morgan fingerprint density at radius 1 is 1.47 bits per heavy atom. The average Bonchev–Trinajstić information content (AvgIpc) is 2.36. The lowest BCUT2D eigenvalue weighted by Crippen LogP contribution is -2.39. The van der Waals surface area contributed by atoms with E-state index in [0.717, 1.165) is 29.3 Å². The van der Waals surface area contributed by atoms with Crippen molar-refractivity contribution < 1.29 is 4.79 Å². The van der Waals surface area contributed by atoms with Crippen LogP contribution in [0.5, 0.6) is 0 Å². The van der Waals surface area contributed by atoms with Crippen LogP contribution in [0.25, 0.3) is 0 Å². The molecule has 0 radical (unpaired) electrons. The van der Waals surface area contributed by atoms with E-state index in [-0.39, 0.29) is 18.3 Å². The van der Waals surface area contributed by atoms with Crippen molar-refractivity contribution >= 4 is 35.8 Å². The Labute approximate surface area is 125 Å². The lowest BCUT2D eigenvalue weighted by Gasteiger charge is -2.22. The molecule has 0 spiro atoms. The van der Waals surface area contributed by atoms with Gasteiger partial charge in [0.25, 0.3) is 0 Å². The smallest absolute Gasteiger partial charge is 0.225 e. The van der Waals surface area contributed by atoms with Crippen molar-refractivity contribution in [3.63, 3.8) is 0 Å². The summed E-state index contributed by atoms with van der Waals surface area (Å²) in [5, 5.41) is 6.39. The fraction of sp³-hybridized carbons (Fsp3) is 0.500. The first kappa shape index (κ1) is 16.3. The third-order valence-electron chi connectivity index (χ3n) is 3.31. The zero-order valence-corrected chi connectivity index (χ0v) is 13.0. The normalized spacial score (nSPS) is 18.5. The zero-order chi connectivity index (χ0) is 13.0. The van der Waals surface area contributed by atoms with E-state index in [4.69, 9.17) is 0 Å². The maximum absolute atomic E-state index is 12.0. The highest BCUT2D eigenvalue weighted by Crippen LogP contribution is 2.18. The molecule has 0 saturated carbocycles. The van der Waals surface area contributed by atoms with Gasteiger partial charge in [-0.05, 0) is 31.0 Å². The molecule has 1 unspecified atom stereocenters. The minimum atomic E-state index is 0. The molecule has 1 aliphatic rings. The molecule has 106 valence electrons. The van der Waals surface area contributed by atoms with E-state index >= 15 is 0 Å². The molecule has 1 aromatic carbocycles. The lowest BCUT2D eigenvalue weighted by molar-refractivity contribution is -0.116. The first-order chi connectivity index (χ1) is 8.66. The molecule has 1 amide bonds. The van der Waals surface area contributed by atoms with E-state index in [0.29, 0.717) is 12.5 Å². The molecule has 2 rings (SSSR count). The average molecular weight is 301 g/mol. The SMILES string of the molecule is Cc1cccc(NC(=O)CC2CSCCN2)c1C.Cl. The van der Waals surface area contributed by atoms with E-state index in [1.165, 1.54) is 5.56 Å². The first-order valence-corrected chi connectivity index (χ1v) is 7.49. The molecule has 0 bridgehead atoms. The predicted molar refractivity (Wildman–Crippen MR) is 85.5 cm³/mol. The molecule has 1 atom stereocenters. The van der Waals surface area contributed by atoms with Crippen LogP contribution in [-0.4, -0.2) is 30.0 Å². The summed E-state index contributed by atoms with van der Waals surface area (Å²) in [6, 6.07) is 6.31. The number of benzene rings is 1. The van der Waals surface area contributed by atoms with Crippen molar-refractivity contribution in [1.82, 2.24) is 5.32 Å². The minimum absolute atomic E-state index is 0. The molecule has 1 aromatic rings. The van der Waals surface area contributed by atoms with Crippen LogP contribution in [0.2, 0.25) is 0 Å². The fourth-order valence-electron chi connectivity index (χ4n) is 2.06. The van der Waals surface area contributed by atoms with Crippen LogP contribution < -0.4 is 10.6 Å². The highest BCUT2D eigenvalue weighted by atomic mass is 35.5. The second-order valence-electron chi connectivity index (χ2n) is 4.73. The van der Waals surface area contributed by atoms with Crippen LogP contribution in [0.15, 0.2) is 18.2 Å². The van der Waals surface area contributed by atoms with Crippen molar-refractivity contribution in [2.24, 2.45) is 0 Å². The number of carbonyl (C=O) groups is 1. The summed E-state index contributed by atoms with van der Waals surface area (Å²) in [6.07, 6.45) is 0.556. The molecule has 1 fully saturated rings. The van der Waals surface area contributed by atoms with Crippen molar-refractivity contribution in [2.75, 3.05) is 23.4 Å². The Morgan fingerprint density at radius 2 is 2.26 bits per heavy atom. The summed E-state index contributed by atoms with van der Waals surface area (Å²) >= 11 is 1.91. The van der Waals surface area contributed by atoms with Gasteiger partial charge in [-0.3, -0.25) is 4.79 Å². The third-order valence-corrected chi connectivity index (χ3v) is 4.44. The number of hydrogen-bond acceptors (Lipinski definition) is 3. The third kappa shape index (κ3) is 4.71. The number of carbonyl (C=O) groups excluding carboxylic acids is 1. The van der Waals surface area contributed by atoms with Gasteiger partial charge in [0.1, 0.15) is 0 Å². The number of halogens is 1. The molecular formula is C14H21ClN2OS. The Morgan fingerprint density at radius 3 is 2.95 bits per heavy atom. The van der Waals surface area contributed by atoms with Gasteiger partial charge in [-0.15, -0.1) is 12.4 Å². The van der Waals surface area contributed by atoms with Crippen molar-refractivity contribution in [3.8, 4) is 0 Å². The van der Waals surface area contributed by atoms with Crippen LogP contribution in [0, 0.1) is 13.8 Å². The standard InChI is InChI=1S/C14H20N2OS.ClH/c1-10-4-3-5-13(11(10)2)16-14(17)8-12-9-18-7-6-15-12;/h3-5,12,15H,6-9H2,1-2H3,(H,16,17);1H. The van der Waals surface area contributed by atoms with Gasteiger partial charge in [0, 0.05) is 36.2 Å². The minimum Gasteiger partial charge on any atom is -0.326 e. The number of aryl methyl sites for hydroxylation is 1. The van der Waals surface area contributed by atoms with Gasteiger partial charge in [-0.1, -0.05) is 12.1 Å². The van der Waals surface area contributed by atoms with Crippen molar-refractivity contribution in [3.05, 3.63) is 29.3 Å². The van der Waals surface area contributed by atoms with Gasteiger partial charge in [-0.2, -0.15) is 11.8 Å². The highest BCUT2D eigenvalue weighted by Gasteiger charge is 2.17. The van der Waals surface area contributed by atoms with E-state index in [9.17, 15) is 4.79 Å². The van der Waals surface area contributed by atoms with E-state index in [1.807, 2.05) is 30.8 Å². The molecule has 1 aliphatic heterocycles. The Hall–Kier alpha value is -0.710. The molecule has 3 nitrogen and oxygen atoms in total. The van der Waals surface area contributed by atoms with E-state index in [2.05, 4.69) is 23.6 Å². The van der Waals surface area contributed by atoms with Gasteiger partial charge in [0.2, 0.25) is 5.91 Å². The Kier molecular flexibility index (Phi) is 6.69. The van der Waals surface area contributed by atoms with Gasteiger partial charge >= 0.3 is 0 Å². The first-order valence-electron chi connectivity index (χ1n) is 6.34. The lowest BCUT2D eigenvalue weighted by atomic mass is 10.1. The molecule has 0 aromatic heterocycles. The maximum atomic E-state index is 12.0. The highest BCUT2D eigenvalue weighted by molar-refractivity contribution is 7.99. The maximum Gasteiger partial charge on any atom is 0.225 e. The second-order valence-corrected chi connectivity index (χ2v) is 5.88. The molecule has 0 aliphatic carbocycles. The quantitative estimate of drug-likeness (QED) is 0.902. The van der Waals surface area contributed by atoms with Gasteiger partial charge in [-0.25, -0.2) is 0 Å². The van der Waals surface area contributed by atoms with E-state index < -0.39 is 0 Å². The molecule has 1 heterocycles. The Bertz CT molecular complexity index is 433. The topological polar surface area (TPSA) is 41.1 Å². The fourth-order valence-corrected chi connectivity index (χ4v) is 3.01. The molecular weight excluding hydrogens is 280 g/mol. The van der Waals surface area contributed by atoms with Crippen LogP contribution >= 0.6 is 24.2 Å². The largest absolute Gasteiger partial charge is 0.326 e.